The number of carbonyl (C=O) groups excluding carboxylic acids is 1. The summed E-state index contributed by atoms with van der Waals surface area (Å²) in [5.74, 6) is 0.477. The Kier molecular flexibility index (Phi) is 5.26. The van der Waals surface area contributed by atoms with Gasteiger partial charge in [0.25, 0.3) is 11.5 Å². The third-order valence-corrected chi connectivity index (χ3v) is 7.37. The Morgan fingerprint density at radius 2 is 2.13 bits per heavy atom. The van der Waals surface area contributed by atoms with Crippen LogP contribution in [-0.4, -0.2) is 25.3 Å². The van der Waals surface area contributed by atoms with E-state index in [9.17, 15) is 9.59 Å². The molecule has 0 saturated heterocycles. The van der Waals surface area contributed by atoms with Gasteiger partial charge in [0.05, 0.1) is 10.4 Å². The van der Waals surface area contributed by atoms with Gasteiger partial charge in [-0.15, -0.1) is 11.3 Å². The van der Waals surface area contributed by atoms with E-state index in [0.29, 0.717) is 23.7 Å². The number of carbonyl (C=O) groups is 1. The molecule has 0 aromatic carbocycles. The molecule has 0 fully saturated rings. The van der Waals surface area contributed by atoms with Crippen molar-refractivity contribution in [3.05, 3.63) is 43.5 Å². The van der Waals surface area contributed by atoms with Crippen LogP contribution in [0.1, 0.15) is 60.9 Å². The molecule has 0 spiro atoms. The molecule has 1 aliphatic carbocycles. The molecule has 3 aromatic rings. The monoisotopic (exact) mass is 447 g/mol. The van der Waals surface area contributed by atoms with Crippen molar-refractivity contribution in [2.45, 2.75) is 60.4 Å². The van der Waals surface area contributed by atoms with Crippen LogP contribution in [0.25, 0.3) is 10.2 Å². The van der Waals surface area contributed by atoms with E-state index < -0.39 is 5.91 Å². The molecule has 30 heavy (non-hydrogen) atoms. The summed E-state index contributed by atoms with van der Waals surface area (Å²) >= 11 is 7.75. The zero-order valence-electron chi connectivity index (χ0n) is 17.9. The van der Waals surface area contributed by atoms with Crippen LogP contribution < -0.4 is 11.0 Å². The van der Waals surface area contributed by atoms with Crippen LogP contribution in [0.4, 0.5) is 0 Å². The number of aryl methyl sites for hydroxylation is 3. The Morgan fingerprint density at radius 1 is 1.40 bits per heavy atom. The second-order valence-corrected chi connectivity index (χ2v) is 10.4. The molecule has 4 rings (SSSR count). The first kappa shape index (κ1) is 21.1. The maximum Gasteiger partial charge on any atom is 0.292 e. The van der Waals surface area contributed by atoms with E-state index in [2.05, 4.69) is 36.3 Å². The highest BCUT2D eigenvalue weighted by molar-refractivity contribution is 7.18. The van der Waals surface area contributed by atoms with Gasteiger partial charge in [-0.3, -0.25) is 19.7 Å². The molecule has 0 saturated carbocycles. The fourth-order valence-electron chi connectivity index (χ4n) is 4.06. The predicted molar refractivity (Wildman–Crippen MR) is 120 cm³/mol. The quantitative estimate of drug-likeness (QED) is 0.653. The number of hydrogen-bond acceptors (Lipinski definition) is 5. The minimum absolute atomic E-state index is 0.0882. The number of nitrogens with zero attached hydrogens (tertiary/aromatic N) is 4. The third-order valence-electron chi connectivity index (χ3n) is 5.94. The van der Waals surface area contributed by atoms with E-state index in [1.807, 2.05) is 6.92 Å². The largest absolute Gasteiger partial charge is 0.292 e. The van der Waals surface area contributed by atoms with Crippen molar-refractivity contribution in [3.8, 4) is 0 Å². The summed E-state index contributed by atoms with van der Waals surface area (Å²) in [4.78, 5) is 32.7. The van der Waals surface area contributed by atoms with Crippen molar-refractivity contribution < 1.29 is 4.79 Å². The Morgan fingerprint density at radius 3 is 2.77 bits per heavy atom. The fourth-order valence-corrected chi connectivity index (χ4v) is 5.64. The van der Waals surface area contributed by atoms with Gasteiger partial charge in [0.2, 0.25) is 0 Å². The van der Waals surface area contributed by atoms with Gasteiger partial charge in [0.1, 0.15) is 10.7 Å². The lowest BCUT2D eigenvalue weighted by Gasteiger charge is -2.33. The minimum Gasteiger partial charge on any atom is -0.271 e. The molecule has 160 valence electrons. The van der Waals surface area contributed by atoms with Gasteiger partial charge in [0.15, 0.2) is 5.69 Å². The van der Waals surface area contributed by atoms with Crippen molar-refractivity contribution in [2.24, 2.45) is 11.3 Å². The highest BCUT2D eigenvalue weighted by Gasteiger charge is 2.32. The second-order valence-electron chi connectivity index (χ2n) is 8.91. The van der Waals surface area contributed by atoms with E-state index in [1.54, 1.807) is 29.1 Å². The summed E-state index contributed by atoms with van der Waals surface area (Å²) in [6.45, 7) is 11.0. The lowest BCUT2D eigenvalue weighted by molar-refractivity contribution is 0.100. The summed E-state index contributed by atoms with van der Waals surface area (Å²) in [7, 11) is 0. The van der Waals surface area contributed by atoms with Crippen LogP contribution in [0.15, 0.2) is 11.0 Å². The van der Waals surface area contributed by atoms with E-state index in [1.165, 1.54) is 9.55 Å². The molecule has 7 nitrogen and oxygen atoms in total. The van der Waals surface area contributed by atoms with Crippen LogP contribution in [0.5, 0.6) is 0 Å². The Hall–Kier alpha value is -2.19. The van der Waals surface area contributed by atoms with Gasteiger partial charge in [0, 0.05) is 17.6 Å². The number of thiophene rings is 1. The number of aromatic nitrogens is 4. The van der Waals surface area contributed by atoms with Gasteiger partial charge in [-0.05, 0) is 50.0 Å². The third kappa shape index (κ3) is 3.56. The predicted octanol–water partition coefficient (Wildman–Crippen LogP) is 4.17. The van der Waals surface area contributed by atoms with Crippen molar-refractivity contribution >= 4 is 39.1 Å². The molecule has 0 aliphatic heterocycles. The summed E-state index contributed by atoms with van der Waals surface area (Å²) in [5.41, 5.74) is 3.80. The molecule has 0 bridgehead atoms. The molecular weight excluding hydrogens is 422 g/mol. The van der Waals surface area contributed by atoms with Crippen LogP contribution in [0.3, 0.4) is 0 Å². The number of hydrogen-bond donors (Lipinski definition) is 1. The van der Waals surface area contributed by atoms with Crippen molar-refractivity contribution in [1.82, 2.24) is 19.4 Å². The number of rotatable bonds is 3. The molecule has 3 aromatic heterocycles. The SMILES string of the molecule is CCn1cc(Cl)c(C(=O)Nn2c(C)nc3sc4c(c3c2=O)CCC(C(C)(C)C)C4)n1. The molecule has 9 heteroatoms. The Balaban J connectivity index is 1.73. The smallest absolute Gasteiger partial charge is 0.271 e. The molecular formula is C21H26ClN5O2S. The maximum absolute atomic E-state index is 13.3. The second kappa shape index (κ2) is 7.50. The zero-order valence-corrected chi connectivity index (χ0v) is 19.4. The van der Waals surface area contributed by atoms with Crippen LogP contribution in [0, 0.1) is 18.3 Å². The van der Waals surface area contributed by atoms with E-state index in [-0.39, 0.29) is 21.7 Å². The average molecular weight is 448 g/mol. The fraction of sp³-hybridized carbons (Fsp3) is 0.524. The standard InChI is InChI=1S/C21H26ClN5O2S/c1-6-26-10-14(22)17(24-26)18(28)25-27-11(2)23-19-16(20(27)29)13-8-7-12(21(3,4)5)9-15(13)30-19/h10,12H,6-9H2,1-5H3,(H,25,28). The lowest BCUT2D eigenvalue weighted by atomic mass is 9.72. The van der Waals surface area contributed by atoms with E-state index >= 15 is 0 Å². The van der Waals surface area contributed by atoms with Crippen LogP contribution >= 0.6 is 22.9 Å². The van der Waals surface area contributed by atoms with Crippen molar-refractivity contribution in [3.63, 3.8) is 0 Å². The number of amides is 1. The Bertz CT molecular complexity index is 1200. The number of halogens is 1. The van der Waals surface area contributed by atoms with Gasteiger partial charge >= 0.3 is 0 Å². The van der Waals surface area contributed by atoms with Gasteiger partial charge in [-0.25, -0.2) is 9.66 Å². The minimum atomic E-state index is -0.532. The summed E-state index contributed by atoms with van der Waals surface area (Å²) in [5, 5.41) is 5.05. The van der Waals surface area contributed by atoms with Crippen molar-refractivity contribution in [1.29, 1.82) is 0 Å². The van der Waals surface area contributed by atoms with Gasteiger partial charge in [-0.1, -0.05) is 32.4 Å². The topological polar surface area (TPSA) is 81.8 Å². The maximum atomic E-state index is 13.3. The molecule has 3 heterocycles. The van der Waals surface area contributed by atoms with Crippen LogP contribution in [-0.2, 0) is 19.4 Å². The molecule has 1 aliphatic rings. The first-order valence-electron chi connectivity index (χ1n) is 10.2. The van der Waals surface area contributed by atoms with E-state index in [0.717, 1.165) is 29.7 Å². The molecule has 1 unspecified atom stereocenters. The highest BCUT2D eigenvalue weighted by Crippen LogP contribution is 2.42. The lowest BCUT2D eigenvalue weighted by Crippen LogP contribution is -2.36. The molecule has 1 N–H and O–H groups in total. The number of fused-ring (bicyclic) bond motifs is 3. The van der Waals surface area contributed by atoms with E-state index in [4.69, 9.17) is 11.6 Å². The van der Waals surface area contributed by atoms with Gasteiger partial charge in [-0.2, -0.15) is 5.10 Å². The first-order valence-corrected chi connectivity index (χ1v) is 11.4. The van der Waals surface area contributed by atoms with Gasteiger partial charge < -0.3 is 0 Å². The van der Waals surface area contributed by atoms with Crippen molar-refractivity contribution in [2.75, 3.05) is 5.43 Å². The first-order chi connectivity index (χ1) is 14.1. The molecule has 1 atom stereocenters. The summed E-state index contributed by atoms with van der Waals surface area (Å²) in [6, 6.07) is 0. The molecule has 1 amide bonds. The van der Waals surface area contributed by atoms with Crippen LogP contribution in [0.2, 0.25) is 5.02 Å². The normalized spacial score (nSPS) is 16.7. The Labute approximate surface area is 184 Å². The number of nitrogens with one attached hydrogen (secondary N) is 1. The zero-order chi connectivity index (χ0) is 21.8. The average Bonchev–Trinajstić information content (AvgIpc) is 3.23. The molecule has 0 radical (unpaired) electrons. The summed E-state index contributed by atoms with van der Waals surface area (Å²) < 4.78 is 2.80. The summed E-state index contributed by atoms with van der Waals surface area (Å²) in [6.07, 6.45) is 4.47. The highest BCUT2D eigenvalue weighted by atomic mass is 35.5.